The molecule has 0 radical (unpaired) electrons. The van der Waals surface area contributed by atoms with Gasteiger partial charge in [0.1, 0.15) is 17.1 Å². The zero-order valence-electron chi connectivity index (χ0n) is 15.4. The fraction of sp³-hybridized carbons (Fsp3) is 0.333. The van der Waals surface area contributed by atoms with Crippen molar-refractivity contribution in [3.63, 3.8) is 0 Å². The molecule has 9 heteroatoms. The normalized spacial score (nSPS) is 15.9. The number of esters is 2. The second kappa shape index (κ2) is 7.43. The molecule has 1 fully saturated rings. The molecule has 0 saturated carbocycles. The summed E-state index contributed by atoms with van der Waals surface area (Å²) in [5, 5.41) is 7.50. The van der Waals surface area contributed by atoms with Crippen LogP contribution in [0.5, 0.6) is 5.75 Å². The number of benzene rings is 1. The number of hydrogen-bond acceptors (Lipinski definition) is 8. The molecule has 2 heterocycles. The van der Waals surface area contributed by atoms with Gasteiger partial charge in [-0.3, -0.25) is 5.10 Å². The standard InChI is InChI=1S/C18H19N3O5S/c1-10-19-17(21-20-10)27-9-12-7-11(5-6-14(12)24-4)8-13-15(22)25-18(2,3)26-16(13)23/h5-8H,9H2,1-4H3,(H,19,20,21). The van der Waals surface area contributed by atoms with E-state index in [9.17, 15) is 9.59 Å². The topological polar surface area (TPSA) is 103 Å². The van der Waals surface area contributed by atoms with Crippen LogP contribution in [0.25, 0.3) is 6.08 Å². The molecule has 1 aromatic heterocycles. The first-order valence-corrected chi connectivity index (χ1v) is 9.13. The van der Waals surface area contributed by atoms with Crippen LogP contribution in [0, 0.1) is 6.92 Å². The molecule has 142 valence electrons. The number of carbonyl (C=O) groups excluding carboxylic acids is 2. The lowest BCUT2D eigenvalue weighted by atomic mass is 10.1. The predicted octanol–water partition coefficient (Wildman–Crippen LogP) is 2.63. The molecule has 0 spiro atoms. The maximum Gasteiger partial charge on any atom is 0.348 e. The van der Waals surface area contributed by atoms with Gasteiger partial charge in [0.15, 0.2) is 0 Å². The van der Waals surface area contributed by atoms with Crippen molar-refractivity contribution in [2.45, 2.75) is 37.5 Å². The van der Waals surface area contributed by atoms with Gasteiger partial charge in [0.05, 0.1) is 7.11 Å². The third-order valence-electron chi connectivity index (χ3n) is 3.67. The Kier molecular flexibility index (Phi) is 5.22. The van der Waals surface area contributed by atoms with Gasteiger partial charge in [-0.25, -0.2) is 14.6 Å². The number of H-pyrrole nitrogens is 1. The van der Waals surface area contributed by atoms with Gasteiger partial charge in [-0.2, -0.15) is 0 Å². The fourth-order valence-corrected chi connectivity index (χ4v) is 3.30. The Morgan fingerprint density at radius 1 is 1.26 bits per heavy atom. The van der Waals surface area contributed by atoms with Crippen molar-refractivity contribution in [2.75, 3.05) is 7.11 Å². The van der Waals surface area contributed by atoms with E-state index in [0.717, 1.165) is 11.4 Å². The van der Waals surface area contributed by atoms with E-state index in [0.29, 0.717) is 22.2 Å². The van der Waals surface area contributed by atoms with Gasteiger partial charge in [0.25, 0.3) is 5.79 Å². The number of ether oxygens (including phenoxy) is 3. The van der Waals surface area contributed by atoms with Crippen LogP contribution in [-0.4, -0.2) is 40.0 Å². The molecule has 1 saturated heterocycles. The second-order valence-corrected chi connectivity index (χ2v) is 7.24. The van der Waals surface area contributed by atoms with Crippen molar-refractivity contribution < 1.29 is 23.8 Å². The molecular formula is C18H19N3O5S. The van der Waals surface area contributed by atoms with Crippen LogP contribution in [0.15, 0.2) is 28.9 Å². The molecule has 0 unspecified atom stereocenters. The highest BCUT2D eigenvalue weighted by Gasteiger charge is 2.38. The Bertz CT molecular complexity index is 897. The molecule has 0 bridgehead atoms. The van der Waals surface area contributed by atoms with E-state index in [4.69, 9.17) is 14.2 Å². The molecule has 1 aliphatic rings. The summed E-state index contributed by atoms with van der Waals surface area (Å²) >= 11 is 1.44. The number of aromatic amines is 1. The molecule has 27 heavy (non-hydrogen) atoms. The van der Waals surface area contributed by atoms with E-state index in [1.54, 1.807) is 19.2 Å². The highest BCUT2D eigenvalue weighted by molar-refractivity contribution is 7.98. The summed E-state index contributed by atoms with van der Waals surface area (Å²) < 4.78 is 15.6. The lowest BCUT2D eigenvalue weighted by molar-refractivity contribution is -0.222. The summed E-state index contributed by atoms with van der Waals surface area (Å²) in [6.45, 7) is 4.84. The van der Waals surface area contributed by atoms with Crippen molar-refractivity contribution in [1.82, 2.24) is 15.2 Å². The number of carbonyl (C=O) groups is 2. The maximum atomic E-state index is 12.1. The first-order chi connectivity index (χ1) is 12.8. The van der Waals surface area contributed by atoms with Crippen LogP contribution < -0.4 is 4.74 Å². The monoisotopic (exact) mass is 389 g/mol. The van der Waals surface area contributed by atoms with E-state index < -0.39 is 17.7 Å². The van der Waals surface area contributed by atoms with Gasteiger partial charge >= 0.3 is 11.9 Å². The Labute approximate surface area is 160 Å². The molecule has 1 aromatic carbocycles. The van der Waals surface area contributed by atoms with E-state index in [2.05, 4.69) is 15.2 Å². The van der Waals surface area contributed by atoms with Crippen LogP contribution in [-0.2, 0) is 24.8 Å². The minimum absolute atomic E-state index is 0.150. The van der Waals surface area contributed by atoms with Crippen molar-refractivity contribution >= 4 is 29.8 Å². The largest absolute Gasteiger partial charge is 0.496 e. The summed E-state index contributed by atoms with van der Waals surface area (Å²) in [5.41, 5.74) is 1.38. The van der Waals surface area contributed by atoms with Gasteiger partial charge in [-0.1, -0.05) is 17.8 Å². The smallest absolute Gasteiger partial charge is 0.348 e. The predicted molar refractivity (Wildman–Crippen MR) is 97.9 cm³/mol. The van der Waals surface area contributed by atoms with Crippen molar-refractivity contribution in [1.29, 1.82) is 0 Å². The van der Waals surface area contributed by atoms with Gasteiger partial charge in [0.2, 0.25) is 5.16 Å². The van der Waals surface area contributed by atoms with Crippen LogP contribution in [0.3, 0.4) is 0 Å². The first-order valence-electron chi connectivity index (χ1n) is 8.14. The first kappa shape index (κ1) is 19.0. The van der Waals surface area contributed by atoms with E-state index in [1.165, 1.54) is 31.7 Å². The van der Waals surface area contributed by atoms with E-state index >= 15 is 0 Å². The molecular weight excluding hydrogens is 370 g/mol. The maximum absolute atomic E-state index is 12.1. The Balaban J connectivity index is 1.84. The third-order valence-corrected chi connectivity index (χ3v) is 4.56. The van der Waals surface area contributed by atoms with Crippen LogP contribution in [0.1, 0.15) is 30.8 Å². The van der Waals surface area contributed by atoms with E-state index in [-0.39, 0.29) is 5.57 Å². The Morgan fingerprint density at radius 2 is 1.96 bits per heavy atom. The quantitative estimate of drug-likeness (QED) is 0.360. The molecule has 1 aliphatic heterocycles. The summed E-state index contributed by atoms with van der Waals surface area (Å²) in [6, 6.07) is 5.35. The summed E-state index contributed by atoms with van der Waals surface area (Å²) in [5.74, 6) is -0.702. The molecule has 1 N–H and O–H groups in total. The molecule has 8 nitrogen and oxygen atoms in total. The fourth-order valence-electron chi connectivity index (χ4n) is 2.48. The minimum Gasteiger partial charge on any atom is -0.496 e. The summed E-state index contributed by atoms with van der Waals surface area (Å²) in [6.07, 6.45) is 1.45. The lowest BCUT2D eigenvalue weighted by Gasteiger charge is -2.29. The number of aryl methyl sites for hydroxylation is 1. The zero-order chi connectivity index (χ0) is 19.6. The Morgan fingerprint density at radius 3 is 2.56 bits per heavy atom. The number of methoxy groups -OCH3 is 1. The molecule has 2 aromatic rings. The van der Waals surface area contributed by atoms with Crippen LogP contribution in [0.4, 0.5) is 0 Å². The van der Waals surface area contributed by atoms with Gasteiger partial charge < -0.3 is 14.2 Å². The highest BCUT2D eigenvalue weighted by atomic mass is 32.2. The summed E-state index contributed by atoms with van der Waals surface area (Å²) in [7, 11) is 1.58. The SMILES string of the molecule is COc1ccc(C=C2C(=O)OC(C)(C)OC2=O)cc1CSc1n[nH]c(C)n1. The number of nitrogens with zero attached hydrogens (tertiary/aromatic N) is 2. The molecule has 0 aliphatic carbocycles. The van der Waals surface area contributed by atoms with Crippen molar-refractivity contribution in [3.8, 4) is 5.75 Å². The number of hydrogen-bond donors (Lipinski definition) is 1. The molecule has 0 atom stereocenters. The Hall–Kier alpha value is -2.81. The van der Waals surface area contributed by atoms with Gasteiger partial charge in [-0.15, -0.1) is 5.10 Å². The van der Waals surface area contributed by atoms with Crippen molar-refractivity contribution in [3.05, 3.63) is 40.7 Å². The molecule has 0 amide bonds. The second-order valence-electron chi connectivity index (χ2n) is 6.30. The number of rotatable bonds is 5. The van der Waals surface area contributed by atoms with Crippen LogP contribution >= 0.6 is 11.8 Å². The average molecular weight is 389 g/mol. The zero-order valence-corrected chi connectivity index (χ0v) is 16.2. The van der Waals surface area contributed by atoms with E-state index in [1.807, 2.05) is 13.0 Å². The van der Waals surface area contributed by atoms with Crippen LogP contribution in [0.2, 0.25) is 0 Å². The number of cyclic esters (lactones) is 2. The van der Waals surface area contributed by atoms with Gasteiger partial charge in [-0.05, 0) is 30.7 Å². The number of aromatic nitrogens is 3. The van der Waals surface area contributed by atoms with Crippen molar-refractivity contribution in [2.24, 2.45) is 0 Å². The number of nitrogens with one attached hydrogen (secondary N) is 1. The van der Waals surface area contributed by atoms with Gasteiger partial charge in [0, 0.05) is 25.2 Å². The highest BCUT2D eigenvalue weighted by Crippen LogP contribution is 2.29. The average Bonchev–Trinajstić information content (AvgIpc) is 3.01. The summed E-state index contributed by atoms with van der Waals surface area (Å²) in [4.78, 5) is 28.5. The number of thioether (sulfide) groups is 1. The lowest BCUT2D eigenvalue weighted by Crippen LogP contribution is -2.41. The molecule has 3 rings (SSSR count). The third kappa shape index (κ3) is 4.48. The minimum atomic E-state index is -1.26.